The molecule has 0 amide bonds. The van der Waals surface area contributed by atoms with Crippen molar-refractivity contribution in [1.29, 1.82) is 0 Å². The molecule has 0 aliphatic rings. The second-order valence-electron chi connectivity index (χ2n) is 3.08. The highest BCUT2D eigenvalue weighted by Gasteiger charge is 1.95. The van der Waals surface area contributed by atoms with E-state index in [0.717, 1.165) is 11.6 Å². The third-order valence-electron chi connectivity index (χ3n) is 1.74. The van der Waals surface area contributed by atoms with Crippen molar-refractivity contribution in [3.8, 4) is 0 Å². The van der Waals surface area contributed by atoms with E-state index in [4.69, 9.17) is 0 Å². The maximum absolute atomic E-state index is 4.20. The number of rotatable bonds is 6. The van der Waals surface area contributed by atoms with E-state index in [1.165, 1.54) is 19.3 Å². The van der Waals surface area contributed by atoms with Crippen LogP contribution >= 0.6 is 11.9 Å². The first-order valence-electron chi connectivity index (χ1n) is 4.70. The van der Waals surface area contributed by atoms with Crippen molar-refractivity contribution < 1.29 is 0 Å². The fourth-order valence-electron chi connectivity index (χ4n) is 1.01. The van der Waals surface area contributed by atoms with Gasteiger partial charge in [0, 0.05) is 19.8 Å². The van der Waals surface area contributed by atoms with Crippen molar-refractivity contribution in [1.82, 2.24) is 14.3 Å². The summed E-state index contributed by atoms with van der Waals surface area (Å²) in [5.41, 5.74) is 0. The highest BCUT2D eigenvalue weighted by Crippen LogP contribution is 2.09. The quantitative estimate of drug-likeness (QED) is 0.562. The summed E-state index contributed by atoms with van der Waals surface area (Å²) >= 11 is 1.61. The lowest BCUT2D eigenvalue weighted by atomic mass is 10.3. The summed E-state index contributed by atoms with van der Waals surface area (Å²) in [6, 6.07) is 0. The van der Waals surface area contributed by atoms with Gasteiger partial charge in [0.1, 0.15) is 5.03 Å². The Morgan fingerprint density at radius 2 is 2.38 bits per heavy atom. The van der Waals surface area contributed by atoms with Gasteiger partial charge in [-0.3, -0.25) is 4.72 Å². The second kappa shape index (κ2) is 6.05. The molecule has 1 rings (SSSR count). The van der Waals surface area contributed by atoms with Crippen LogP contribution in [0, 0.1) is 0 Å². The van der Waals surface area contributed by atoms with E-state index in [9.17, 15) is 0 Å². The van der Waals surface area contributed by atoms with Crippen molar-refractivity contribution >= 4 is 11.9 Å². The van der Waals surface area contributed by atoms with Crippen LogP contribution in [0.5, 0.6) is 0 Å². The number of imidazole rings is 1. The van der Waals surface area contributed by atoms with Crippen LogP contribution in [0.25, 0.3) is 0 Å². The molecule has 74 valence electrons. The normalized spacial score (nSPS) is 10.6. The molecular formula is C9H17N3S. The molecule has 0 unspecified atom stereocenters. The number of aryl methyl sites for hydroxylation is 1. The zero-order valence-electron chi connectivity index (χ0n) is 8.29. The van der Waals surface area contributed by atoms with Crippen molar-refractivity contribution in [2.45, 2.75) is 31.2 Å². The molecule has 1 aromatic heterocycles. The van der Waals surface area contributed by atoms with Gasteiger partial charge in [0.2, 0.25) is 0 Å². The van der Waals surface area contributed by atoms with E-state index in [1.807, 2.05) is 24.1 Å². The summed E-state index contributed by atoms with van der Waals surface area (Å²) in [6.45, 7) is 3.28. The fourth-order valence-corrected chi connectivity index (χ4v) is 1.73. The minimum Gasteiger partial charge on any atom is -0.339 e. The van der Waals surface area contributed by atoms with Crippen molar-refractivity contribution in [3.63, 3.8) is 0 Å². The minimum atomic E-state index is 1.04. The number of aromatic nitrogens is 2. The van der Waals surface area contributed by atoms with Crippen LogP contribution in [0.1, 0.15) is 26.2 Å². The van der Waals surface area contributed by atoms with Crippen molar-refractivity contribution in [3.05, 3.63) is 12.5 Å². The molecule has 3 nitrogen and oxygen atoms in total. The van der Waals surface area contributed by atoms with Crippen LogP contribution in [0.2, 0.25) is 0 Å². The first kappa shape index (κ1) is 10.6. The molecule has 0 spiro atoms. The summed E-state index contributed by atoms with van der Waals surface area (Å²) in [6.07, 6.45) is 7.65. The van der Waals surface area contributed by atoms with E-state index < -0.39 is 0 Å². The summed E-state index contributed by atoms with van der Waals surface area (Å²) < 4.78 is 5.25. The molecule has 1 N–H and O–H groups in total. The summed E-state index contributed by atoms with van der Waals surface area (Å²) in [5.74, 6) is 0. The molecule has 0 radical (unpaired) electrons. The van der Waals surface area contributed by atoms with Gasteiger partial charge in [-0.25, -0.2) is 4.98 Å². The molecule has 1 heterocycles. The van der Waals surface area contributed by atoms with Gasteiger partial charge in [-0.1, -0.05) is 19.8 Å². The Labute approximate surface area is 84.1 Å². The van der Waals surface area contributed by atoms with Crippen LogP contribution in [0.15, 0.2) is 17.6 Å². The monoisotopic (exact) mass is 199 g/mol. The second-order valence-corrected chi connectivity index (χ2v) is 3.99. The SMILES string of the molecule is CCCCCNSc1cn(C)cn1. The van der Waals surface area contributed by atoms with E-state index in [0.29, 0.717) is 0 Å². The fraction of sp³-hybridized carbons (Fsp3) is 0.667. The van der Waals surface area contributed by atoms with Crippen LogP contribution < -0.4 is 4.72 Å². The van der Waals surface area contributed by atoms with E-state index in [2.05, 4.69) is 16.6 Å². The third kappa shape index (κ3) is 4.33. The lowest BCUT2D eigenvalue weighted by Crippen LogP contribution is -2.04. The maximum atomic E-state index is 4.20. The highest BCUT2D eigenvalue weighted by molar-refractivity contribution is 7.97. The molecule has 0 fully saturated rings. The average molecular weight is 199 g/mol. The molecule has 0 saturated carbocycles. The Hall–Kier alpha value is -0.480. The zero-order chi connectivity index (χ0) is 9.52. The van der Waals surface area contributed by atoms with Crippen molar-refractivity contribution in [2.75, 3.05) is 6.54 Å². The molecule has 4 heteroatoms. The predicted molar refractivity (Wildman–Crippen MR) is 56.6 cm³/mol. The average Bonchev–Trinajstić information content (AvgIpc) is 2.51. The largest absolute Gasteiger partial charge is 0.339 e. The first-order valence-corrected chi connectivity index (χ1v) is 5.52. The number of hydrogen-bond acceptors (Lipinski definition) is 3. The molecule has 0 aromatic carbocycles. The molecule has 0 atom stereocenters. The number of nitrogens with zero attached hydrogens (tertiary/aromatic N) is 2. The molecule has 13 heavy (non-hydrogen) atoms. The van der Waals surface area contributed by atoms with Gasteiger partial charge in [0.15, 0.2) is 0 Å². The summed E-state index contributed by atoms with van der Waals surface area (Å²) in [4.78, 5) is 4.20. The number of hydrogen-bond donors (Lipinski definition) is 1. The van der Waals surface area contributed by atoms with Crippen LogP contribution in [-0.2, 0) is 7.05 Å². The molecule has 1 aromatic rings. The zero-order valence-corrected chi connectivity index (χ0v) is 9.10. The van der Waals surface area contributed by atoms with Gasteiger partial charge in [0.05, 0.1) is 6.33 Å². The minimum absolute atomic E-state index is 1.04. The van der Waals surface area contributed by atoms with Gasteiger partial charge in [-0.2, -0.15) is 0 Å². The van der Waals surface area contributed by atoms with Crippen LogP contribution in [0.4, 0.5) is 0 Å². The number of unbranched alkanes of at least 4 members (excludes halogenated alkanes) is 2. The topological polar surface area (TPSA) is 29.9 Å². The van der Waals surface area contributed by atoms with Gasteiger partial charge in [-0.05, 0) is 18.4 Å². The van der Waals surface area contributed by atoms with Crippen LogP contribution in [-0.4, -0.2) is 16.1 Å². The maximum Gasteiger partial charge on any atom is 0.129 e. The Morgan fingerprint density at radius 1 is 1.54 bits per heavy atom. The summed E-state index contributed by atoms with van der Waals surface area (Å²) in [5, 5.41) is 1.04. The van der Waals surface area contributed by atoms with E-state index in [-0.39, 0.29) is 0 Å². The number of nitrogens with one attached hydrogen (secondary N) is 1. The smallest absolute Gasteiger partial charge is 0.129 e. The standard InChI is InChI=1S/C9H17N3S/c1-3-4-5-6-11-13-9-7-12(2)8-10-9/h7-8,11H,3-6H2,1-2H3. The predicted octanol–water partition coefficient (Wildman–Crippen LogP) is 2.21. The van der Waals surface area contributed by atoms with Gasteiger partial charge >= 0.3 is 0 Å². The molecular weight excluding hydrogens is 182 g/mol. The molecule has 0 bridgehead atoms. The van der Waals surface area contributed by atoms with Crippen molar-refractivity contribution in [2.24, 2.45) is 7.05 Å². The summed E-state index contributed by atoms with van der Waals surface area (Å²) in [7, 11) is 1.98. The van der Waals surface area contributed by atoms with Gasteiger partial charge in [-0.15, -0.1) is 0 Å². The Kier molecular flexibility index (Phi) is 4.93. The Bertz CT molecular complexity index is 235. The van der Waals surface area contributed by atoms with Crippen LogP contribution in [0.3, 0.4) is 0 Å². The molecule has 0 saturated heterocycles. The third-order valence-corrected chi connectivity index (χ3v) is 2.51. The first-order chi connectivity index (χ1) is 6.33. The van der Waals surface area contributed by atoms with Gasteiger partial charge in [0.25, 0.3) is 0 Å². The van der Waals surface area contributed by atoms with E-state index in [1.54, 1.807) is 11.9 Å². The lowest BCUT2D eigenvalue weighted by molar-refractivity contribution is 0.708. The van der Waals surface area contributed by atoms with E-state index >= 15 is 0 Å². The molecule has 0 aliphatic carbocycles. The lowest BCUT2D eigenvalue weighted by Gasteiger charge is -1.99. The molecule has 0 aliphatic heterocycles. The Morgan fingerprint density at radius 3 is 3.00 bits per heavy atom. The Balaban J connectivity index is 2.06. The highest BCUT2D eigenvalue weighted by atomic mass is 32.2. The van der Waals surface area contributed by atoms with Gasteiger partial charge < -0.3 is 4.57 Å².